The van der Waals surface area contributed by atoms with Crippen LogP contribution in [0.1, 0.15) is 37.8 Å². The highest BCUT2D eigenvalue weighted by Crippen LogP contribution is 2.36. The minimum absolute atomic E-state index is 0.161. The summed E-state index contributed by atoms with van der Waals surface area (Å²) in [6, 6.07) is 8.19. The number of aliphatic hydroxyl groups is 1. The highest BCUT2D eigenvalue weighted by Gasteiger charge is 2.37. The number of ether oxygens (including phenoxy) is 1. The summed E-state index contributed by atoms with van der Waals surface area (Å²) in [6.07, 6.45) is 1.56. The van der Waals surface area contributed by atoms with Gasteiger partial charge in [0.1, 0.15) is 0 Å². The second kappa shape index (κ2) is 4.79. The lowest BCUT2D eigenvalue weighted by Gasteiger charge is -2.39. The van der Waals surface area contributed by atoms with Gasteiger partial charge in [0, 0.05) is 12.8 Å². The van der Waals surface area contributed by atoms with Crippen LogP contribution in [0.2, 0.25) is 0 Å². The SMILES string of the molecule is Cc1cccc(C2(O)CCOC(C(C)C)C2)c1. The average Bonchev–Trinajstić information content (AvgIpc) is 2.29. The molecule has 1 N–H and O–H groups in total. The second-order valence-corrected chi connectivity index (χ2v) is 5.51. The van der Waals surface area contributed by atoms with Crippen LogP contribution >= 0.6 is 0 Å². The van der Waals surface area contributed by atoms with Crippen LogP contribution in [0.15, 0.2) is 24.3 Å². The van der Waals surface area contributed by atoms with Crippen LogP contribution in [0.25, 0.3) is 0 Å². The predicted octanol–water partition coefficient (Wildman–Crippen LogP) is 3.02. The molecule has 1 fully saturated rings. The van der Waals surface area contributed by atoms with Gasteiger partial charge in [0.05, 0.1) is 18.3 Å². The number of benzene rings is 1. The van der Waals surface area contributed by atoms with Crippen molar-refractivity contribution in [2.24, 2.45) is 5.92 Å². The molecule has 2 rings (SSSR count). The van der Waals surface area contributed by atoms with E-state index < -0.39 is 5.60 Å². The van der Waals surface area contributed by atoms with Crippen molar-refractivity contribution in [3.8, 4) is 0 Å². The normalized spacial score (nSPS) is 29.6. The standard InChI is InChI=1S/C15H22O2/c1-11(2)14-10-15(16,7-8-17-14)13-6-4-5-12(3)9-13/h4-6,9,11,14,16H,7-8,10H2,1-3H3. The van der Waals surface area contributed by atoms with Gasteiger partial charge in [-0.25, -0.2) is 0 Å². The van der Waals surface area contributed by atoms with Crippen LogP contribution in [0.5, 0.6) is 0 Å². The van der Waals surface area contributed by atoms with Gasteiger partial charge in [0.25, 0.3) is 0 Å². The van der Waals surface area contributed by atoms with Crippen molar-refractivity contribution >= 4 is 0 Å². The Morgan fingerprint density at radius 3 is 2.82 bits per heavy atom. The van der Waals surface area contributed by atoms with E-state index in [9.17, 15) is 5.11 Å². The van der Waals surface area contributed by atoms with Crippen molar-refractivity contribution in [3.63, 3.8) is 0 Å². The molecule has 2 unspecified atom stereocenters. The molecule has 1 saturated heterocycles. The maximum absolute atomic E-state index is 10.8. The van der Waals surface area contributed by atoms with Gasteiger partial charge in [-0.2, -0.15) is 0 Å². The number of aryl methyl sites for hydroxylation is 1. The average molecular weight is 234 g/mol. The predicted molar refractivity (Wildman–Crippen MR) is 68.9 cm³/mol. The first-order valence-electron chi connectivity index (χ1n) is 6.42. The fraction of sp³-hybridized carbons (Fsp3) is 0.600. The zero-order valence-electron chi connectivity index (χ0n) is 10.9. The van der Waals surface area contributed by atoms with Crippen molar-refractivity contribution in [1.29, 1.82) is 0 Å². The van der Waals surface area contributed by atoms with E-state index in [0.717, 1.165) is 5.56 Å². The maximum Gasteiger partial charge on any atom is 0.0943 e. The van der Waals surface area contributed by atoms with Crippen molar-refractivity contribution < 1.29 is 9.84 Å². The van der Waals surface area contributed by atoms with Gasteiger partial charge in [-0.3, -0.25) is 0 Å². The Morgan fingerprint density at radius 2 is 2.18 bits per heavy atom. The molecule has 0 saturated carbocycles. The van der Waals surface area contributed by atoms with Crippen LogP contribution in [-0.2, 0) is 10.3 Å². The quantitative estimate of drug-likeness (QED) is 0.852. The van der Waals surface area contributed by atoms with Crippen LogP contribution in [0, 0.1) is 12.8 Å². The van der Waals surface area contributed by atoms with Crippen LogP contribution < -0.4 is 0 Å². The zero-order valence-corrected chi connectivity index (χ0v) is 10.9. The molecule has 1 aromatic rings. The first-order chi connectivity index (χ1) is 8.01. The Bertz CT molecular complexity index is 386. The molecule has 1 aromatic carbocycles. The Balaban J connectivity index is 2.23. The van der Waals surface area contributed by atoms with E-state index in [1.54, 1.807) is 0 Å². The fourth-order valence-electron chi connectivity index (χ4n) is 2.50. The van der Waals surface area contributed by atoms with Gasteiger partial charge in [-0.15, -0.1) is 0 Å². The van der Waals surface area contributed by atoms with E-state index in [-0.39, 0.29) is 6.10 Å². The van der Waals surface area contributed by atoms with Crippen molar-refractivity contribution in [3.05, 3.63) is 35.4 Å². The summed E-state index contributed by atoms with van der Waals surface area (Å²) in [7, 11) is 0. The van der Waals surface area contributed by atoms with E-state index in [1.807, 2.05) is 12.1 Å². The van der Waals surface area contributed by atoms with Gasteiger partial charge in [0.15, 0.2) is 0 Å². The van der Waals surface area contributed by atoms with Crippen molar-refractivity contribution in [2.75, 3.05) is 6.61 Å². The molecular formula is C15H22O2. The van der Waals surface area contributed by atoms with E-state index >= 15 is 0 Å². The van der Waals surface area contributed by atoms with Crippen LogP contribution in [-0.4, -0.2) is 17.8 Å². The molecule has 1 aliphatic heterocycles. The second-order valence-electron chi connectivity index (χ2n) is 5.51. The molecule has 94 valence electrons. The molecule has 0 bridgehead atoms. The molecule has 0 aromatic heterocycles. The minimum Gasteiger partial charge on any atom is -0.385 e. The summed E-state index contributed by atoms with van der Waals surface area (Å²) < 4.78 is 5.73. The molecule has 17 heavy (non-hydrogen) atoms. The molecule has 0 aliphatic carbocycles. The molecule has 2 nitrogen and oxygen atoms in total. The summed E-state index contributed by atoms with van der Waals surface area (Å²) in [5, 5.41) is 10.8. The molecule has 0 spiro atoms. The third-order valence-electron chi connectivity index (χ3n) is 3.69. The Hall–Kier alpha value is -0.860. The Kier molecular flexibility index (Phi) is 3.55. The van der Waals surface area contributed by atoms with Gasteiger partial charge in [0.2, 0.25) is 0 Å². The molecular weight excluding hydrogens is 212 g/mol. The fourth-order valence-corrected chi connectivity index (χ4v) is 2.50. The lowest BCUT2D eigenvalue weighted by Crippen LogP contribution is -2.40. The van der Waals surface area contributed by atoms with Crippen molar-refractivity contribution in [1.82, 2.24) is 0 Å². The third-order valence-corrected chi connectivity index (χ3v) is 3.69. The van der Waals surface area contributed by atoms with E-state index in [1.165, 1.54) is 5.56 Å². The Morgan fingerprint density at radius 1 is 1.41 bits per heavy atom. The highest BCUT2D eigenvalue weighted by atomic mass is 16.5. The molecule has 1 heterocycles. The van der Waals surface area contributed by atoms with Gasteiger partial charge in [-0.05, 0) is 18.4 Å². The molecule has 0 radical (unpaired) electrons. The number of hydrogen-bond donors (Lipinski definition) is 1. The summed E-state index contributed by atoms with van der Waals surface area (Å²) >= 11 is 0. The summed E-state index contributed by atoms with van der Waals surface area (Å²) in [5.41, 5.74) is 1.52. The van der Waals surface area contributed by atoms with Gasteiger partial charge >= 0.3 is 0 Å². The molecule has 0 amide bonds. The first kappa shape index (κ1) is 12.6. The smallest absolute Gasteiger partial charge is 0.0943 e. The minimum atomic E-state index is -0.709. The van der Waals surface area contributed by atoms with E-state index in [2.05, 4.69) is 32.9 Å². The number of hydrogen-bond acceptors (Lipinski definition) is 2. The van der Waals surface area contributed by atoms with Gasteiger partial charge < -0.3 is 9.84 Å². The summed E-state index contributed by atoms with van der Waals surface area (Å²) in [4.78, 5) is 0. The zero-order chi connectivity index (χ0) is 12.5. The third kappa shape index (κ3) is 2.70. The van der Waals surface area contributed by atoms with Crippen LogP contribution in [0.3, 0.4) is 0 Å². The van der Waals surface area contributed by atoms with Crippen molar-refractivity contribution in [2.45, 2.75) is 45.3 Å². The highest BCUT2D eigenvalue weighted by molar-refractivity contribution is 5.28. The van der Waals surface area contributed by atoms with E-state index in [4.69, 9.17) is 4.74 Å². The number of rotatable bonds is 2. The van der Waals surface area contributed by atoms with E-state index in [0.29, 0.717) is 25.4 Å². The maximum atomic E-state index is 10.8. The lowest BCUT2D eigenvalue weighted by molar-refractivity contribution is -0.121. The lowest BCUT2D eigenvalue weighted by atomic mass is 9.81. The van der Waals surface area contributed by atoms with Crippen LogP contribution in [0.4, 0.5) is 0 Å². The summed E-state index contributed by atoms with van der Waals surface area (Å²) in [6.45, 7) is 7.00. The van der Waals surface area contributed by atoms with Gasteiger partial charge in [-0.1, -0.05) is 43.7 Å². The topological polar surface area (TPSA) is 29.5 Å². The largest absolute Gasteiger partial charge is 0.385 e. The molecule has 2 atom stereocenters. The monoisotopic (exact) mass is 234 g/mol. The molecule has 2 heteroatoms. The summed E-state index contributed by atoms with van der Waals surface area (Å²) in [5.74, 6) is 0.451. The molecule has 1 aliphatic rings. The Labute approximate surface area is 104 Å². The first-order valence-corrected chi connectivity index (χ1v) is 6.42.